The number of halogens is 1. The summed E-state index contributed by atoms with van der Waals surface area (Å²) in [5.41, 5.74) is 2.12. The normalized spacial score (nSPS) is 9.93. The van der Waals surface area contributed by atoms with E-state index in [1.54, 1.807) is 12.1 Å². The summed E-state index contributed by atoms with van der Waals surface area (Å²) in [4.78, 5) is 0. The first-order valence-corrected chi connectivity index (χ1v) is 5.28. The van der Waals surface area contributed by atoms with Crippen molar-refractivity contribution in [3.63, 3.8) is 0 Å². The van der Waals surface area contributed by atoms with Gasteiger partial charge < -0.3 is 0 Å². The summed E-state index contributed by atoms with van der Waals surface area (Å²) in [6.07, 6.45) is 6.21. The monoisotopic (exact) mass is 204 g/mol. The van der Waals surface area contributed by atoms with Crippen molar-refractivity contribution < 1.29 is 4.39 Å². The summed E-state index contributed by atoms with van der Waals surface area (Å²) in [6.45, 7) is 7.69. The Hall–Kier alpha value is -1.37. The van der Waals surface area contributed by atoms with Crippen molar-refractivity contribution >= 4 is 5.57 Å². The minimum Gasteiger partial charge on any atom is -0.207 e. The lowest BCUT2D eigenvalue weighted by Gasteiger charge is -2.05. The van der Waals surface area contributed by atoms with E-state index in [0.717, 1.165) is 36.8 Å². The van der Waals surface area contributed by atoms with Crippen LogP contribution < -0.4 is 0 Å². The molecule has 0 radical (unpaired) electrons. The van der Waals surface area contributed by atoms with Crippen LogP contribution in [0.3, 0.4) is 0 Å². The van der Waals surface area contributed by atoms with Crippen LogP contribution in [-0.4, -0.2) is 0 Å². The summed E-state index contributed by atoms with van der Waals surface area (Å²) in [5, 5.41) is 0. The smallest absolute Gasteiger partial charge is 0.123 e. The van der Waals surface area contributed by atoms with Crippen LogP contribution in [0.25, 0.3) is 5.57 Å². The molecule has 0 bridgehead atoms. The predicted molar refractivity (Wildman–Crippen MR) is 64.1 cm³/mol. The van der Waals surface area contributed by atoms with Crippen LogP contribution in [0.4, 0.5) is 4.39 Å². The molecule has 1 rings (SSSR count). The van der Waals surface area contributed by atoms with Crippen LogP contribution in [0, 0.1) is 5.82 Å². The number of allylic oxidation sites excluding steroid dienone is 2. The average molecular weight is 204 g/mol. The van der Waals surface area contributed by atoms with Gasteiger partial charge >= 0.3 is 0 Å². The van der Waals surface area contributed by atoms with Gasteiger partial charge in [0.25, 0.3) is 0 Å². The molecular formula is C14H17F. The molecule has 80 valence electrons. The second-order valence-corrected chi connectivity index (χ2v) is 3.64. The fourth-order valence-corrected chi connectivity index (χ4v) is 1.46. The summed E-state index contributed by atoms with van der Waals surface area (Å²) in [5.74, 6) is -0.196. The number of benzene rings is 1. The molecule has 0 atom stereocenters. The maximum Gasteiger partial charge on any atom is 0.123 e. The van der Waals surface area contributed by atoms with Crippen LogP contribution in [0.2, 0.25) is 0 Å². The highest BCUT2D eigenvalue weighted by Gasteiger charge is 1.98. The Morgan fingerprint density at radius 3 is 2.47 bits per heavy atom. The molecule has 0 aromatic heterocycles. The maximum atomic E-state index is 12.7. The fourth-order valence-electron chi connectivity index (χ4n) is 1.46. The third-order valence-corrected chi connectivity index (χ3v) is 2.39. The van der Waals surface area contributed by atoms with Gasteiger partial charge in [0.15, 0.2) is 0 Å². The van der Waals surface area contributed by atoms with Gasteiger partial charge in [-0.3, -0.25) is 0 Å². The molecule has 15 heavy (non-hydrogen) atoms. The molecule has 1 aromatic rings. The second-order valence-electron chi connectivity index (χ2n) is 3.64. The van der Waals surface area contributed by atoms with E-state index < -0.39 is 0 Å². The van der Waals surface area contributed by atoms with Crippen LogP contribution >= 0.6 is 0 Å². The highest BCUT2D eigenvalue weighted by Crippen LogP contribution is 2.19. The van der Waals surface area contributed by atoms with Crippen molar-refractivity contribution in [2.75, 3.05) is 0 Å². The van der Waals surface area contributed by atoms with Crippen LogP contribution in [0.1, 0.15) is 31.2 Å². The van der Waals surface area contributed by atoms with Gasteiger partial charge in [-0.2, -0.15) is 0 Å². The maximum absolute atomic E-state index is 12.7. The van der Waals surface area contributed by atoms with Gasteiger partial charge in [0.1, 0.15) is 5.82 Å². The predicted octanol–water partition coefficient (Wildman–Crippen LogP) is 4.59. The van der Waals surface area contributed by atoms with Gasteiger partial charge in [0.2, 0.25) is 0 Å². The molecule has 1 heteroatoms. The zero-order valence-corrected chi connectivity index (χ0v) is 9.01. The molecular weight excluding hydrogens is 187 g/mol. The Balaban J connectivity index is 2.40. The number of rotatable bonds is 6. The topological polar surface area (TPSA) is 0 Å². The van der Waals surface area contributed by atoms with Crippen LogP contribution in [0.5, 0.6) is 0 Å². The van der Waals surface area contributed by atoms with Crippen LogP contribution in [-0.2, 0) is 0 Å². The highest BCUT2D eigenvalue weighted by molar-refractivity contribution is 5.62. The summed E-state index contributed by atoms with van der Waals surface area (Å²) in [7, 11) is 0. The summed E-state index contributed by atoms with van der Waals surface area (Å²) < 4.78 is 12.7. The summed E-state index contributed by atoms with van der Waals surface area (Å²) >= 11 is 0. The van der Waals surface area contributed by atoms with Gasteiger partial charge in [-0.15, -0.1) is 6.58 Å². The summed E-state index contributed by atoms with van der Waals surface area (Å²) in [6, 6.07) is 6.52. The number of hydrogen-bond donors (Lipinski definition) is 0. The van der Waals surface area contributed by atoms with Crippen molar-refractivity contribution in [2.24, 2.45) is 0 Å². The van der Waals surface area contributed by atoms with Gasteiger partial charge in [0, 0.05) is 0 Å². The second kappa shape index (κ2) is 6.18. The molecule has 0 fully saturated rings. The Kier molecular flexibility index (Phi) is 4.82. The minimum absolute atomic E-state index is 0.196. The molecule has 1 aromatic carbocycles. The zero-order valence-electron chi connectivity index (χ0n) is 9.01. The molecule has 0 aliphatic rings. The zero-order chi connectivity index (χ0) is 11.1. The van der Waals surface area contributed by atoms with E-state index in [1.807, 2.05) is 6.08 Å². The molecule has 0 saturated carbocycles. The average Bonchev–Trinajstić information content (AvgIpc) is 2.25. The third-order valence-electron chi connectivity index (χ3n) is 2.39. The van der Waals surface area contributed by atoms with E-state index in [2.05, 4.69) is 13.2 Å². The van der Waals surface area contributed by atoms with E-state index in [1.165, 1.54) is 12.1 Å². The van der Waals surface area contributed by atoms with Crippen LogP contribution in [0.15, 0.2) is 43.5 Å². The van der Waals surface area contributed by atoms with Gasteiger partial charge in [-0.1, -0.05) is 24.8 Å². The van der Waals surface area contributed by atoms with E-state index in [4.69, 9.17) is 0 Å². The molecule has 0 amide bonds. The van der Waals surface area contributed by atoms with E-state index in [-0.39, 0.29) is 5.82 Å². The lowest BCUT2D eigenvalue weighted by molar-refractivity contribution is 0.627. The highest BCUT2D eigenvalue weighted by atomic mass is 19.1. The largest absolute Gasteiger partial charge is 0.207 e. The fraction of sp³-hybridized carbons (Fsp3) is 0.286. The lowest BCUT2D eigenvalue weighted by atomic mass is 10.0. The van der Waals surface area contributed by atoms with Gasteiger partial charge in [0.05, 0.1) is 0 Å². The first-order valence-electron chi connectivity index (χ1n) is 5.28. The minimum atomic E-state index is -0.196. The lowest BCUT2D eigenvalue weighted by Crippen LogP contribution is -1.84. The quantitative estimate of drug-likeness (QED) is 0.470. The first-order chi connectivity index (χ1) is 7.24. The molecule has 0 aliphatic heterocycles. The van der Waals surface area contributed by atoms with Crippen molar-refractivity contribution in [1.29, 1.82) is 0 Å². The standard InChI is InChI=1S/C14H17F/c1-3-4-5-6-7-12(2)13-8-10-14(15)11-9-13/h3,8-11H,1-2,4-7H2. The Morgan fingerprint density at radius 1 is 1.20 bits per heavy atom. The Labute approximate surface area is 91.1 Å². The molecule has 0 heterocycles. The Morgan fingerprint density at radius 2 is 1.87 bits per heavy atom. The molecule has 0 nitrogen and oxygen atoms in total. The van der Waals surface area contributed by atoms with E-state index >= 15 is 0 Å². The van der Waals surface area contributed by atoms with Gasteiger partial charge in [-0.05, 0) is 49.0 Å². The molecule has 0 N–H and O–H groups in total. The van der Waals surface area contributed by atoms with E-state index in [9.17, 15) is 4.39 Å². The Bertz CT molecular complexity index is 322. The molecule has 0 unspecified atom stereocenters. The van der Waals surface area contributed by atoms with Crippen molar-refractivity contribution in [1.82, 2.24) is 0 Å². The molecule has 0 spiro atoms. The van der Waals surface area contributed by atoms with Gasteiger partial charge in [-0.25, -0.2) is 4.39 Å². The molecule has 0 saturated heterocycles. The van der Waals surface area contributed by atoms with Crippen molar-refractivity contribution in [3.8, 4) is 0 Å². The van der Waals surface area contributed by atoms with Crippen molar-refractivity contribution in [2.45, 2.75) is 25.7 Å². The third kappa shape index (κ3) is 4.11. The number of unbranched alkanes of at least 4 members (excludes halogenated alkanes) is 2. The van der Waals surface area contributed by atoms with E-state index in [0.29, 0.717) is 0 Å². The molecule has 0 aliphatic carbocycles. The number of hydrogen-bond acceptors (Lipinski definition) is 0. The first kappa shape index (κ1) is 11.7. The van der Waals surface area contributed by atoms with Crippen molar-refractivity contribution in [3.05, 3.63) is 54.9 Å². The SMILES string of the molecule is C=CCCCCC(=C)c1ccc(F)cc1.